The molecule has 3 aromatic carbocycles. The monoisotopic (exact) mass is 540 g/mol. The first-order valence-electron chi connectivity index (χ1n) is 11.7. The van der Waals surface area contributed by atoms with Gasteiger partial charge in [0.1, 0.15) is 11.4 Å². The Morgan fingerprint density at radius 1 is 0.943 bits per heavy atom. The van der Waals surface area contributed by atoms with Crippen LogP contribution >= 0.6 is 15.9 Å². The van der Waals surface area contributed by atoms with E-state index in [-0.39, 0.29) is 12.2 Å². The van der Waals surface area contributed by atoms with Crippen molar-refractivity contribution in [2.75, 3.05) is 13.7 Å². The summed E-state index contributed by atoms with van der Waals surface area (Å²) in [7, 11) is 1.63. The molecule has 6 heteroatoms. The summed E-state index contributed by atoms with van der Waals surface area (Å²) in [6, 6.07) is 24.5. The van der Waals surface area contributed by atoms with Crippen LogP contribution < -0.4 is 10.9 Å². The number of carbonyl (C=O) groups excluding carboxylic acids is 1. The maximum atomic E-state index is 12.7. The number of aryl methyl sites for hydroxylation is 2. The number of nitrogens with zero attached hydrogens (tertiary/aromatic N) is 1. The highest BCUT2D eigenvalue weighted by Gasteiger charge is 2.23. The standard InChI is InChI=1S/C21H26BrNO3.C8H8.H3N/c1-21(2,3)26-20(24)23(13-12-16-8-6-5-7-9-16)15-17-14-18(25-4)10-11-19(17)22;1-2-4-8-6-5-7(8)3-1;/h5-11,14H,12-13,15H2,1-4H3;1-4H,5-6H2;1H3. The first-order valence-corrected chi connectivity index (χ1v) is 12.5. The summed E-state index contributed by atoms with van der Waals surface area (Å²) in [4.78, 5) is 14.4. The van der Waals surface area contributed by atoms with Gasteiger partial charge in [-0.3, -0.25) is 0 Å². The highest BCUT2D eigenvalue weighted by molar-refractivity contribution is 9.10. The zero-order valence-corrected chi connectivity index (χ0v) is 22.8. The summed E-state index contributed by atoms with van der Waals surface area (Å²) in [5.74, 6) is 0.760. The molecule has 0 heterocycles. The molecule has 0 saturated heterocycles. The van der Waals surface area contributed by atoms with Gasteiger partial charge in [-0.25, -0.2) is 4.79 Å². The fourth-order valence-corrected chi connectivity index (χ4v) is 3.98. The molecule has 188 valence electrons. The van der Waals surface area contributed by atoms with Crippen molar-refractivity contribution in [2.45, 2.75) is 52.2 Å². The lowest BCUT2D eigenvalue weighted by atomic mass is 9.89. The van der Waals surface area contributed by atoms with Crippen molar-refractivity contribution in [3.05, 3.63) is 99.5 Å². The summed E-state index contributed by atoms with van der Waals surface area (Å²) < 4.78 is 11.8. The molecular weight excluding hydrogens is 504 g/mol. The van der Waals surface area contributed by atoms with Crippen molar-refractivity contribution in [3.8, 4) is 5.75 Å². The van der Waals surface area contributed by atoms with Crippen molar-refractivity contribution in [1.29, 1.82) is 0 Å². The predicted octanol–water partition coefficient (Wildman–Crippen LogP) is 7.38. The Bertz CT molecular complexity index is 1060. The number of amides is 1. The second kappa shape index (κ2) is 13.3. The molecule has 0 atom stereocenters. The molecule has 0 saturated carbocycles. The molecule has 0 aromatic heterocycles. The van der Waals surface area contributed by atoms with Gasteiger partial charge in [-0.05, 0) is 80.5 Å². The lowest BCUT2D eigenvalue weighted by Gasteiger charge is -2.28. The molecule has 1 amide bonds. The summed E-state index contributed by atoms with van der Waals surface area (Å²) in [6.07, 6.45) is 3.05. The van der Waals surface area contributed by atoms with Gasteiger partial charge < -0.3 is 20.5 Å². The minimum atomic E-state index is -0.534. The van der Waals surface area contributed by atoms with Crippen molar-refractivity contribution in [1.82, 2.24) is 11.1 Å². The molecule has 0 radical (unpaired) electrons. The van der Waals surface area contributed by atoms with Gasteiger partial charge in [-0.15, -0.1) is 0 Å². The molecule has 35 heavy (non-hydrogen) atoms. The number of benzene rings is 3. The molecule has 3 N–H and O–H groups in total. The van der Waals surface area contributed by atoms with Gasteiger partial charge in [0.05, 0.1) is 13.7 Å². The summed E-state index contributed by atoms with van der Waals surface area (Å²) in [5, 5.41) is 0. The second-order valence-electron chi connectivity index (χ2n) is 9.36. The lowest BCUT2D eigenvalue weighted by Crippen LogP contribution is -2.37. The summed E-state index contributed by atoms with van der Waals surface area (Å²) in [6.45, 7) is 6.65. The van der Waals surface area contributed by atoms with Crippen molar-refractivity contribution in [2.24, 2.45) is 0 Å². The minimum Gasteiger partial charge on any atom is -0.497 e. The van der Waals surface area contributed by atoms with E-state index in [1.165, 1.54) is 18.4 Å². The van der Waals surface area contributed by atoms with Crippen LogP contribution in [-0.2, 0) is 30.5 Å². The molecule has 0 aliphatic heterocycles. The first-order chi connectivity index (χ1) is 16.2. The Morgan fingerprint density at radius 2 is 1.54 bits per heavy atom. The van der Waals surface area contributed by atoms with Gasteiger partial charge >= 0.3 is 6.09 Å². The van der Waals surface area contributed by atoms with E-state index in [2.05, 4.69) is 52.3 Å². The van der Waals surface area contributed by atoms with Crippen LogP contribution in [0.1, 0.15) is 43.0 Å². The van der Waals surface area contributed by atoms with Crippen LogP contribution in [-0.4, -0.2) is 30.2 Å². The fourth-order valence-electron chi connectivity index (χ4n) is 3.61. The normalized spacial score (nSPS) is 11.6. The van der Waals surface area contributed by atoms with Crippen LogP contribution in [0.5, 0.6) is 5.75 Å². The second-order valence-corrected chi connectivity index (χ2v) is 10.2. The minimum absolute atomic E-state index is 0. The zero-order chi connectivity index (χ0) is 24.6. The molecular formula is C29H37BrN2O3. The molecule has 0 spiro atoms. The van der Waals surface area contributed by atoms with E-state index < -0.39 is 5.60 Å². The van der Waals surface area contributed by atoms with Crippen LogP contribution in [0.15, 0.2) is 77.3 Å². The van der Waals surface area contributed by atoms with E-state index in [1.807, 2.05) is 57.2 Å². The Kier molecular flexibility index (Phi) is 10.8. The smallest absolute Gasteiger partial charge is 0.410 e. The van der Waals surface area contributed by atoms with Crippen LogP contribution in [0, 0.1) is 0 Å². The molecule has 0 unspecified atom stereocenters. The van der Waals surface area contributed by atoms with Gasteiger partial charge in [0.15, 0.2) is 0 Å². The first kappa shape index (κ1) is 28.4. The summed E-state index contributed by atoms with van der Waals surface area (Å²) in [5.41, 5.74) is 4.72. The third-order valence-electron chi connectivity index (χ3n) is 5.56. The molecule has 5 nitrogen and oxygen atoms in total. The van der Waals surface area contributed by atoms with Crippen LogP contribution in [0.3, 0.4) is 0 Å². The highest BCUT2D eigenvalue weighted by Crippen LogP contribution is 2.25. The maximum absolute atomic E-state index is 12.7. The van der Waals surface area contributed by atoms with Crippen LogP contribution in [0.4, 0.5) is 4.79 Å². The highest BCUT2D eigenvalue weighted by atomic mass is 79.9. The SMILES string of the molecule is COc1ccc(Br)c(CN(CCc2ccccc2)C(=O)OC(C)(C)C)c1.N.c1ccc2c(c1)CC2. The van der Waals surface area contributed by atoms with Gasteiger partial charge in [0.25, 0.3) is 0 Å². The van der Waals surface area contributed by atoms with E-state index in [0.717, 1.165) is 22.2 Å². The lowest BCUT2D eigenvalue weighted by molar-refractivity contribution is 0.0235. The van der Waals surface area contributed by atoms with Gasteiger partial charge in [-0.2, -0.15) is 0 Å². The third kappa shape index (κ3) is 9.04. The number of methoxy groups -OCH3 is 1. The molecule has 0 bridgehead atoms. The number of carbonyl (C=O) groups is 1. The van der Waals surface area contributed by atoms with Crippen molar-refractivity contribution < 1.29 is 14.3 Å². The van der Waals surface area contributed by atoms with E-state index in [9.17, 15) is 4.79 Å². The Morgan fingerprint density at radius 3 is 2.06 bits per heavy atom. The Hall–Kier alpha value is -2.83. The average Bonchev–Trinajstić information content (AvgIpc) is 2.78. The van der Waals surface area contributed by atoms with Crippen LogP contribution in [0.2, 0.25) is 0 Å². The average molecular weight is 542 g/mol. The molecule has 3 aromatic rings. The fraction of sp³-hybridized carbons (Fsp3) is 0.345. The molecule has 0 fully saturated rings. The van der Waals surface area contributed by atoms with Crippen LogP contribution in [0.25, 0.3) is 0 Å². The summed E-state index contributed by atoms with van der Waals surface area (Å²) >= 11 is 3.56. The van der Waals surface area contributed by atoms with E-state index >= 15 is 0 Å². The van der Waals surface area contributed by atoms with Crippen molar-refractivity contribution >= 4 is 22.0 Å². The number of halogens is 1. The number of fused-ring (bicyclic) bond motifs is 1. The predicted molar refractivity (Wildman–Crippen MR) is 146 cm³/mol. The Balaban J connectivity index is 0.000000400. The van der Waals surface area contributed by atoms with E-state index in [4.69, 9.17) is 9.47 Å². The van der Waals surface area contributed by atoms with Gasteiger partial charge in [0.2, 0.25) is 0 Å². The molecule has 1 aliphatic rings. The van der Waals surface area contributed by atoms with Crippen molar-refractivity contribution in [3.63, 3.8) is 0 Å². The van der Waals surface area contributed by atoms with Gasteiger partial charge in [0, 0.05) is 11.0 Å². The quantitative estimate of drug-likeness (QED) is 0.353. The molecule has 4 rings (SSSR count). The number of hydrogen-bond acceptors (Lipinski definition) is 4. The van der Waals surface area contributed by atoms with E-state index in [1.54, 1.807) is 23.1 Å². The third-order valence-corrected chi connectivity index (χ3v) is 6.33. The number of rotatable bonds is 6. The Labute approximate surface area is 218 Å². The topological polar surface area (TPSA) is 73.8 Å². The van der Waals surface area contributed by atoms with Gasteiger partial charge in [-0.1, -0.05) is 70.5 Å². The zero-order valence-electron chi connectivity index (χ0n) is 21.2. The number of hydrogen-bond donors (Lipinski definition) is 1. The number of ether oxygens (including phenoxy) is 2. The molecule has 1 aliphatic carbocycles. The van der Waals surface area contributed by atoms with E-state index in [0.29, 0.717) is 13.1 Å². The largest absolute Gasteiger partial charge is 0.497 e. The maximum Gasteiger partial charge on any atom is 0.410 e.